The zero-order valence-corrected chi connectivity index (χ0v) is 17.0. The number of pyridine rings is 1. The van der Waals surface area contributed by atoms with Gasteiger partial charge in [0.1, 0.15) is 11.6 Å². The summed E-state index contributed by atoms with van der Waals surface area (Å²) in [7, 11) is 0. The van der Waals surface area contributed by atoms with Crippen molar-refractivity contribution in [1.82, 2.24) is 15.2 Å². The molecule has 1 fully saturated rings. The van der Waals surface area contributed by atoms with E-state index in [2.05, 4.69) is 20.5 Å². The first-order valence-corrected chi connectivity index (χ1v) is 10.8. The molecule has 0 atom stereocenters. The monoisotopic (exact) mass is 431 g/mol. The number of hydrogen-bond donors (Lipinski definition) is 1. The highest BCUT2D eigenvalue weighted by Crippen LogP contribution is 2.29. The van der Waals surface area contributed by atoms with Crippen molar-refractivity contribution in [3.05, 3.63) is 59.5 Å². The molecule has 0 spiro atoms. The highest BCUT2D eigenvalue weighted by Gasteiger charge is 2.20. The number of hydrogen-bond acceptors (Lipinski definition) is 8. The SMILES string of the molecule is O=C(Nc1nnc(SCc2ccc(F)cc2)s1)c1cccnc1N1CCOCC1. The lowest BCUT2D eigenvalue weighted by Gasteiger charge is -2.28. The molecule has 3 heterocycles. The highest BCUT2D eigenvalue weighted by molar-refractivity contribution is 8.00. The van der Waals surface area contributed by atoms with Gasteiger partial charge in [0.05, 0.1) is 18.8 Å². The number of carbonyl (C=O) groups is 1. The van der Waals surface area contributed by atoms with Crippen molar-refractivity contribution in [1.29, 1.82) is 0 Å². The maximum Gasteiger partial charge on any atom is 0.261 e. The molecule has 0 radical (unpaired) electrons. The minimum atomic E-state index is -0.272. The average Bonchev–Trinajstić information content (AvgIpc) is 3.21. The summed E-state index contributed by atoms with van der Waals surface area (Å²) in [6, 6.07) is 9.83. The van der Waals surface area contributed by atoms with Crippen LogP contribution in [0.5, 0.6) is 0 Å². The first-order valence-electron chi connectivity index (χ1n) is 8.99. The summed E-state index contributed by atoms with van der Waals surface area (Å²) in [6.45, 7) is 2.62. The van der Waals surface area contributed by atoms with Gasteiger partial charge in [0.15, 0.2) is 4.34 Å². The normalized spacial score (nSPS) is 14.0. The van der Waals surface area contributed by atoms with Crippen LogP contribution in [0, 0.1) is 5.82 Å². The number of thioether (sulfide) groups is 1. The molecule has 7 nitrogen and oxygen atoms in total. The van der Waals surface area contributed by atoms with Gasteiger partial charge in [-0.25, -0.2) is 9.37 Å². The van der Waals surface area contributed by atoms with E-state index >= 15 is 0 Å². The molecular formula is C19H18FN5O2S2. The van der Waals surface area contributed by atoms with Gasteiger partial charge in [0.2, 0.25) is 5.13 Å². The Morgan fingerprint density at radius 2 is 2.00 bits per heavy atom. The summed E-state index contributed by atoms with van der Waals surface area (Å²) in [4.78, 5) is 19.2. The van der Waals surface area contributed by atoms with Gasteiger partial charge < -0.3 is 9.64 Å². The second-order valence-corrected chi connectivity index (χ2v) is 8.42. The largest absolute Gasteiger partial charge is 0.378 e. The molecule has 0 aliphatic carbocycles. The van der Waals surface area contributed by atoms with E-state index in [1.807, 2.05) is 4.90 Å². The van der Waals surface area contributed by atoms with Gasteiger partial charge in [0.25, 0.3) is 5.91 Å². The molecule has 1 aliphatic rings. The second-order valence-electron chi connectivity index (χ2n) is 6.22. The average molecular weight is 432 g/mol. The number of nitrogens with one attached hydrogen (secondary N) is 1. The summed E-state index contributed by atoms with van der Waals surface area (Å²) in [5, 5.41) is 11.4. The first-order chi connectivity index (χ1) is 14.2. The molecule has 0 unspecified atom stereocenters. The van der Waals surface area contributed by atoms with Crippen LogP contribution in [0.2, 0.25) is 0 Å². The van der Waals surface area contributed by atoms with Crippen LogP contribution >= 0.6 is 23.1 Å². The maximum absolute atomic E-state index is 13.0. The molecule has 1 aliphatic heterocycles. The fraction of sp³-hybridized carbons (Fsp3) is 0.263. The van der Waals surface area contributed by atoms with Gasteiger partial charge in [-0.05, 0) is 29.8 Å². The van der Waals surface area contributed by atoms with E-state index < -0.39 is 0 Å². The number of benzene rings is 1. The highest BCUT2D eigenvalue weighted by atomic mass is 32.2. The second kappa shape index (κ2) is 9.29. The number of morpholine rings is 1. The maximum atomic E-state index is 13.0. The lowest BCUT2D eigenvalue weighted by atomic mass is 10.2. The van der Waals surface area contributed by atoms with Gasteiger partial charge in [-0.1, -0.05) is 35.2 Å². The Morgan fingerprint density at radius 3 is 2.79 bits per heavy atom. The number of carbonyl (C=O) groups excluding carboxylic acids is 1. The van der Waals surface area contributed by atoms with Gasteiger partial charge in [-0.15, -0.1) is 10.2 Å². The predicted molar refractivity (Wildman–Crippen MR) is 111 cm³/mol. The van der Waals surface area contributed by atoms with E-state index in [4.69, 9.17) is 4.74 Å². The molecule has 10 heteroatoms. The molecule has 3 aromatic rings. The predicted octanol–water partition coefficient (Wildman–Crippen LogP) is 3.45. The topological polar surface area (TPSA) is 80.2 Å². The first kappa shape index (κ1) is 19.7. The third kappa shape index (κ3) is 5.08. The fourth-order valence-electron chi connectivity index (χ4n) is 2.81. The Balaban J connectivity index is 1.40. The van der Waals surface area contributed by atoms with E-state index in [0.717, 1.165) is 9.90 Å². The number of rotatable bonds is 6. The van der Waals surface area contributed by atoms with Crippen LogP contribution in [-0.2, 0) is 10.5 Å². The van der Waals surface area contributed by atoms with Crippen LogP contribution in [0.15, 0.2) is 46.9 Å². The summed E-state index contributed by atoms with van der Waals surface area (Å²) < 4.78 is 19.1. The van der Waals surface area contributed by atoms with Crippen LogP contribution in [-0.4, -0.2) is 47.4 Å². The molecule has 150 valence electrons. The fourth-order valence-corrected chi connectivity index (χ4v) is 4.51. The molecule has 1 N–H and O–H groups in total. The van der Waals surface area contributed by atoms with Crippen LogP contribution < -0.4 is 10.2 Å². The van der Waals surface area contributed by atoms with Crippen molar-refractivity contribution in [2.45, 2.75) is 10.1 Å². The van der Waals surface area contributed by atoms with Gasteiger partial charge in [0, 0.05) is 25.0 Å². The summed E-state index contributed by atoms with van der Waals surface area (Å²) in [5.74, 6) is 0.758. The number of ether oxygens (including phenoxy) is 1. The van der Waals surface area contributed by atoms with Crippen LogP contribution in [0.25, 0.3) is 0 Å². The molecule has 0 bridgehead atoms. The zero-order chi connectivity index (χ0) is 20.1. The summed E-state index contributed by atoms with van der Waals surface area (Å²) in [5.41, 5.74) is 1.48. The van der Waals surface area contributed by atoms with Crippen molar-refractivity contribution in [2.75, 3.05) is 36.5 Å². The number of aromatic nitrogens is 3. The Bertz CT molecular complexity index is 977. The summed E-state index contributed by atoms with van der Waals surface area (Å²) >= 11 is 2.79. The summed E-state index contributed by atoms with van der Waals surface area (Å²) in [6.07, 6.45) is 1.68. The van der Waals surface area contributed by atoms with E-state index in [9.17, 15) is 9.18 Å². The van der Waals surface area contributed by atoms with E-state index in [1.165, 1.54) is 35.2 Å². The van der Waals surface area contributed by atoms with Gasteiger partial charge in [-0.3, -0.25) is 10.1 Å². The zero-order valence-electron chi connectivity index (χ0n) is 15.4. The lowest BCUT2D eigenvalue weighted by Crippen LogP contribution is -2.38. The minimum absolute atomic E-state index is 0.258. The number of anilines is 2. The lowest BCUT2D eigenvalue weighted by molar-refractivity contribution is 0.102. The van der Waals surface area contributed by atoms with Gasteiger partial charge >= 0.3 is 0 Å². The number of halogens is 1. The van der Waals surface area contributed by atoms with Crippen molar-refractivity contribution in [3.8, 4) is 0 Å². The van der Waals surface area contributed by atoms with Crippen molar-refractivity contribution >= 4 is 40.0 Å². The van der Waals surface area contributed by atoms with Crippen molar-refractivity contribution in [3.63, 3.8) is 0 Å². The van der Waals surface area contributed by atoms with Crippen molar-refractivity contribution in [2.24, 2.45) is 0 Å². The Hall–Kier alpha value is -2.56. The van der Waals surface area contributed by atoms with E-state index in [0.29, 0.717) is 48.6 Å². The molecule has 2 aromatic heterocycles. The Morgan fingerprint density at radius 1 is 1.21 bits per heavy atom. The van der Waals surface area contributed by atoms with E-state index in [1.54, 1.807) is 30.5 Å². The number of amides is 1. The van der Waals surface area contributed by atoms with Gasteiger partial charge in [-0.2, -0.15) is 0 Å². The Kier molecular flexibility index (Phi) is 6.33. The molecular weight excluding hydrogens is 413 g/mol. The van der Waals surface area contributed by atoms with E-state index in [-0.39, 0.29) is 11.7 Å². The quantitative estimate of drug-likeness (QED) is 0.473. The third-order valence-corrected chi connectivity index (χ3v) is 6.29. The Labute approximate surface area is 175 Å². The molecule has 1 saturated heterocycles. The molecule has 4 rings (SSSR count). The minimum Gasteiger partial charge on any atom is -0.378 e. The molecule has 1 amide bonds. The molecule has 1 aromatic carbocycles. The number of nitrogens with zero attached hydrogens (tertiary/aromatic N) is 4. The van der Waals surface area contributed by atoms with Crippen LogP contribution in [0.1, 0.15) is 15.9 Å². The smallest absolute Gasteiger partial charge is 0.261 e. The third-order valence-electron chi connectivity index (χ3n) is 4.24. The van der Waals surface area contributed by atoms with Crippen LogP contribution in [0.4, 0.5) is 15.3 Å². The molecule has 29 heavy (non-hydrogen) atoms. The standard InChI is InChI=1S/C19H18FN5O2S2/c20-14-5-3-13(4-6-14)12-28-19-24-23-18(29-19)22-17(26)15-2-1-7-21-16(15)25-8-10-27-11-9-25/h1-7H,8-12H2,(H,22,23,26). The molecule has 0 saturated carbocycles. The van der Waals surface area contributed by atoms with Crippen molar-refractivity contribution < 1.29 is 13.9 Å². The van der Waals surface area contributed by atoms with Crippen LogP contribution in [0.3, 0.4) is 0 Å².